The van der Waals surface area contributed by atoms with E-state index in [1.807, 2.05) is 6.20 Å². The van der Waals surface area contributed by atoms with Gasteiger partial charge in [-0.2, -0.15) is 5.10 Å². The van der Waals surface area contributed by atoms with Gasteiger partial charge in [0.05, 0.1) is 12.6 Å². The van der Waals surface area contributed by atoms with Crippen molar-refractivity contribution in [3.63, 3.8) is 0 Å². The molecule has 3 aromatic rings. The molecule has 28 heavy (non-hydrogen) atoms. The maximum Gasteiger partial charge on any atom is 0.160 e. The molecule has 4 rings (SSSR count). The summed E-state index contributed by atoms with van der Waals surface area (Å²) in [6.07, 6.45) is 8.61. The number of H-pyrrole nitrogens is 1. The molecule has 1 saturated heterocycles. The number of rotatable bonds is 7. The second-order valence-electron chi connectivity index (χ2n) is 7.75. The van der Waals surface area contributed by atoms with Crippen LogP contribution in [-0.2, 0) is 24.1 Å². The third kappa shape index (κ3) is 4.20. The Bertz CT molecular complexity index is 905. The first-order valence-electron chi connectivity index (χ1n) is 10.5. The van der Waals surface area contributed by atoms with Crippen molar-refractivity contribution in [1.82, 2.24) is 19.7 Å². The van der Waals surface area contributed by atoms with Crippen LogP contribution in [0.4, 0.5) is 0 Å². The van der Waals surface area contributed by atoms with E-state index in [1.165, 1.54) is 28.8 Å². The molecule has 5 heteroatoms. The average molecular weight is 379 g/mol. The van der Waals surface area contributed by atoms with E-state index in [1.54, 1.807) is 0 Å². The van der Waals surface area contributed by atoms with Gasteiger partial charge in [-0.3, -0.25) is 0 Å². The Hall–Kier alpha value is -2.40. The van der Waals surface area contributed by atoms with Gasteiger partial charge in [0.1, 0.15) is 0 Å². The summed E-state index contributed by atoms with van der Waals surface area (Å²) in [5.41, 5.74) is 4.97. The van der Waals surface area contributed by atoms with E-state index < -0.39 is 0 Å². The van der Waals surface area contributed by atoms with Crippen LogP contribution in [0, 0.1) is 6.92 Å². The Morgan fingerprint density at radius 2 is 2.11 bits per heavy atom. The fraction of sp³-hybridized carbons (Fsp3) is 0.478. The van der Waals surface area contributed by atoms with Crippen LogP contribution in [0.15, 0.2) is 36.5 Å². The lowest BCUT2D eigenvalue weighted by atomic mass is 10.1. The highest BCUT2D eigenvalue weighted by Crippen LogP contribution is 2.25. The van der Waals surface area contributed by atoms with Crippen molar-refractivity contribution in [3.8, 4) is 11.4 Å². The van der Waals surface area contributed by atoms with Gasteiger partial charge in [-0.1, -0.05) is 37.6 Å². The quantitative estimate of drug-likeness (QED) is 0.649. The van der Waals surface area contributed by atoms with Crippen molar-refractivity contribution >= 4 is 0 Å². The van der Waals surface area contributed by atoms with Crippen molar-refractivity contribution in [3.05, 3.63) is 59.2 Å². The molecule has 0 amide bonds. The minimum absolute atomic E-state index is 0.231. The zero-order chi connectivity index (χ0) is 19.3. The molecule has 0 spiro atoms. The third-order valence-electron chi connectivity index (χ3n) is 5.55. The van der Waals surface area contributed by atoms with Crippen molar-refractivity contribution in [2.45, 2.75) is 65.0 Å². The molecule has 1 fully saturated rings. The summed E-state index contributed by atoms with van der Waals surface area (Å²) in [5.74, 6) is 1.84. The van der Waals surface area contributed by atoms with E-state index in [0.717, 1.165) is 56.9 Å². The van der Waals surface area contributed by atoms with Crippen LogP contribution in [-0.4, -0.2) is 32.5 Å². The van der Waals surface area contributed by atoms with E-state index in [0.29, 0.717) is 0 Å². The Balaban J connectivity index is 1.66. The molecule has 1 unspecified atom stereocenters. The summed E-state index contributed by atoms with van der Waals surface area (Å²) in [7, 11) is 0. The second-order valence-corrected chi connectivity index (χ2v) is 7.75. The Morgan fingerprint density at radius 3 is 2.89 bits per heavy atom. The molecule has 1 aliphatic rings. The minimum Gasteiger partial charge on any atom is -0.376 e. The molecule has 1 aromatic carbocycles. The highest BCUT2D eigenvalue weighted by molar-refractivity contribution is 5.59. The molecule has 0 aliphatic carbocycles. The van der Waals surface area contributed by atoms with Crippen molar-refractivity contribution in [1.29, 1.82) is 0 Å². The molecule has 1 N–H and O–H groups in total. The second kappa shape index (κ2) is 8.74. The van der Waals surface area contributed by atoms with Crippen LogP contribution < -0.4 is 0 Å². The number of ether oxygens (including phenoxy) is 1. The molecule has 1 aliphatic heterocycles. The van der Waals surface area contributed by atoms with Gasteiger partial charge in [0.2, 0.25) is 0 Å². The average Bonchev–Trinajstić information content (AvgIpc) is 3.31. The van der Waals surface area contributed by atoms with Crippen LogP contribution >= 0.6 is 0 Å². The molecule has 148 valence electrons. The van der Waals surface area contributed by atoms with Crippen LogP contribution in [0.1, 0.15) is 55.3 Å². The minimum atomic E-state index is 0.231. The normalized spacial score (nSPS) is 17.1. The van der Waals surface area contributed by atoms with E-state index in [4.69, 9.17) is 14.8 Å². The number of hydrogen-bond donors (Lipinski definition) is 1. The van der Waals surface area contributed by atoms with Crippen LogP contribution in [0.25, 0.3) is 11.4 Å². The third-order valence-corrected chi connectivity index (χ3v) is 5.55. The summed E-state index contributed by atoms with van der Waals surface area (Å²) in [5, 5.41) is 4.91. The summed E-state index contributed by atoms with van der Waals surface area (Å²) >= 11 is 0. The van der Waals surface area contributed by atoms with E-state index >= 15 is 0 Å². The smallest absolute Gasteiger partial charge is 0.160 e. The molecule has 2 aromatic heterocycles. The van der Waals surface area contributed by atoms with Gasteiger partial charge in [-0.15, -0.1) is 0 Å². The lowest BCUT2D eigenvalue weighted by Crippen LogP contribution is -2.25. The van der Waals surface area contributed by atoms with Gasteiger partial charge in [0.25, 0.3) is 0 Å². The SMILES string of the molecule is CCCc1[nH]ccc1-c1nc(Cc2ccccc2C)nn1CC1CCCCO1. The number of aryl methyl sites for hydroxylation is 2. The van der Waals surface area contributed by atoms with Gasteiger partial charge >= 0.3 is 0 Å². The molecular weight excluding hydrogens is 348 g/mol. The van der Waals surface area contributed by atoms with Gasteiger partial charge in [0, 0.05) is 30.5 Å². The van der Waals surface area contributed by atoms with Crippen LogP contribution in [0.2, 0.25) is 0 Å². The first-order chi connectivity index (χ1) is 13.7. The topological polar surface area (TPSA) is 55.7 Å². The first-order valence-corrected chi connectivity index (χ1v) is 10.5. The molecular formula is C23H30N4O. The molecule has 5 nitrogen and oxygen atoms in total. The zero-order valence-corrected chi connectivity index (χ0v) is 16.9. The van der Waals surface area contributed by atoms with Gasteiger partial charge in [-0.25, -0.2) is 9.67 Å². The summed E-state index contributed by atoms with van der Waals surface area (Å²) in [6.45, 7) is 5.98. The monoisotopic (exact) mass is 378 g/mol. The van der Waals surface area contributed by atoms with Crippen molar-refractivity contribution < 1.29 is 4.74 Å². The Kier molecular flexibility index (Phi) is 5.91. The standard InChI is InChI=1S/C23H30N4O/c1-3-8-21-20(12-13-24-21)23-25-22(15-18-10-5-4-9-17(18)2)26-27(23)16-19-11-6-7-14-28-19/h4-5,9-10,12-13,19,24H,3,6-8,11,14-16H2,1-2H3. The largest absolute Gasteiger partial charge is 0.376 e. The highest BCUT2D eigenvalue weighted by Gasteiger charge is 2.21. The maximum atomic E-state index is 5.98. The Labute approximate surface area is 167 Å². The number of aromatic nitrogens is 4. The van der Waals surface area contributed by atoms with Crippen molar-refractivity contribution in [2.75, 3.05) is 6.61 Å². The number of benzene rings is 1. The summed E-state index contributed by atoms with van der Waals surface area (Å²) in [6, 6.07) is 10.6. The van der Waals surface area contributed by atoms with E-state index in [-0.39, 0.29) is 6.10 Å². The molecule has 0 bridgehead atoms. The number of aromatic amines is 1. The van der Waals surface area contributed by atoms with E-state index in [9.17, 15) is 0 Å². The zero-order valence-electron chi connectivity index (χ0n) is 16.9. The van der Waals surface area contributed by atoms with Crippen LogP contribution in [0.5, 0.6) is 0 Å². The number of hydrogen-bond acceptors (Lipinski definition) is 3. The lowest BCUT2D eigenvalue weighted by Gasteiger charge is -2.22. The predicted molar refractivity (Wildman–Crippen MR) is 111 cm³/mol. The number of nitrogens with one attached hydrogen (secondary N) is 1. The fourth-order valence-corrected chi connectivity index (χ4v) is 3.98. The molecule has 3 heterocycles. The predicted octanol–water partition coefficient (Wildman–Crippen LogP) is 4.69. The first kappa shape index (κ1) is 18.9. The van der Waals surface area contributed by atoms with Gasteiger partial charge in [-0.05, 0) is 49.8 Å². The van der Waals surface area contributed by atoms with Crippen molar-refractivity contribution in [2.24, 2.45) is 0 Å². The molecule has 0 saturated carbocycles. The molecule has 1 atom stereocenters. The summed E-state index contributed by atoms with van der Waals surface area (Å²) in [4.78, 5) is 8.37. The van der Waals surface area contributed by atoms with Crippen LogP contribution in [0.3, 0.4) is 0 Å². The lowest BCUT2D eigenvalue weighted by molar-refractivity contribution is 0.00420. The Morgan fingerprint density at radius 1 is 1.21 bits per heavy atom. The fourth-order valence-electron chi connectivity index (χ4n) is 3.98. The maximum absolute atomic E-state index is 5.98. The van der Waals surface area contributed by atoms with Gasteiger partial charge < -0.3 is 9.72 Å². The number of nitrogens with zero attached hydrogens (tertiary/aromatic N) is 3. The van der Waals surface area contributed by atoms with Gasteiger partial charge in [0.15, 0.2) is 11.6 Å². The van der Waals surface area contributed by atoms with E-state index in [2.05, 4.69) is 53.8 Å². The molecule has 0 radical (unpaired) electrons. The highest BCUT2D eigenvalue weighted by atomic mass is 16.5. The summed E-state index contributed by atoms with van der Waals surface area (Å²) < 4.78 is 8.06.